The van der Waals surface area contributed by atoms with E-state index in [-0.39, 0.29) is 0 Å². The molecule has 0 amide bonds. The zero-order valence-corrected chi connectivity index (χ0v) is 10.1. The van der Waals surface area contributed by atoms with Gasteiger partial charge in [-0.05, 0) is 17.7 Å². The SMILES string of the molecule is COCCNc1ncc(C=CC(=O)O)cc1Cl. The third kappa shape index (κ3) is 4.84. The first-order valence-electron chi connectivity index (χ1n) is 4.93. The van der Waals surface area contributed by atoms with E-state index in [1.54, 1.807) is 19.4 Å². The number of rotatable bonds is 6. The van der Waals surface area contributed by atoms with Gasteiger partial charge in [0.05, 0.1) is 11.6 Å². The quantitative estimate of drug-likeness (QED) is 0.601. The van der Waals surface area contributed by atoms with Gasteiger partial charge in [0.25, 0.3) is 0 Å². The van der Waals surface area contributed by atoms with E-state index in [4.69, 9.17) is 21.4 Å². The van der Waals surface area contributed by atoms with Crippen LogP contribution in [-0.4, -0.2) is 36.3 Å². The Labute approximate surface area is 104 Å². The van der Waals surface area contributed by atoms with Crippen LogP contribution in [0.1, 0.15) is 5.56 Å². The summed E-state index contributed by atoms with van der Waals surface area (Å²) in [5, 5.41) is 11.9. The topological polar surface area (TPSA) is 71.5 Å². The van der Waals surface area contributed by atoms with E-state index in [1.165, 1.54) is 6.08 Å². The second kappa shape index (κ2) is 6.88. The lowest BCUT2D eigenvalue weighted by molar-refractivity contribution is -0.131. The lowest BCUT2D eigenvalue weighted by Gasteiger charge is -2.06. The Bertz CT molecular complexity index is 421. The monoisotopic (exact) mass is 256 g/mol. The van der Waals surface area contributed by atoms with Crippen LogP contribution in [0.2, 0.25) is 5.02 Å². The average molecular weight is 257 g/mol. The Kier molecular flexibility index (Phi) is 5.45. The summed E-state index contributed by atoms with van der Waals surface area (Å²) in [7, 11) is 1.61. The summed E-state index contributed by atoms with van der Waals surface area (Å²) in [6.07, 6.45) is 4.01. The van der Waals surface area contributed by atoms with E-state index in [0.29, 0.717) is 29.6 Å². The van der Waals surface area contributed by atoms with Crippen LogP contribution in [-0.2, 0) is 9.53 Å². The van der Waals surface area contributed by atoms with Gasteiger partial charge in [0.2, 0.25) is 0 Å². The van der Waals surface area contributed by atoms with Crippen molar-refractivity contribution >= 4 is 29.5 Å². The van der Waals surface area contributed by atoms with Crippen molar-refractivity contribution in [2.45, 2.75) is 0 Å². The van der Waals surface area contributed by atoms with Crippen molar-refractivity contribution in [2.24, 2.45) is 0 Å². The Morgan fingerprint density at radius 3 is 3.06 bits per heavy atom. The molecule has 1 aromatic rings. The van der Waals surface area contributed by atoms with Gasteiger partial charge in [-0.2, -0.15) is 0 Å². The second-order valence-corrected chi connectivity index (χ2v) is 3.60. The van der Waals surface area contributed by atoms with E-state index < -0.39 is 5.97 Å². The number of carboxylic acids is 1. The number of ether oxygens (including phenoxy) is 1. The maximum absolute atomic E-state index is 10.3. The summed E-state index contributed by atoms with van der Waals surface area (Å²) < 4.78 is 4.88. The van der Waals surface area contributed by atoms with Crippen molar-refractivity contribution in [1.29, 1.82) is 0 Å². The molecule has 5 nitrogen and oxygen atoms in total. The van der Waals surface area contributed by atoms with Gasteiger partial charge in [-0.15, -0.1) is 0 Å². The average Bonchev–Trinajstić information content (AvgIpc) is 2.29. The third-order valence-electron chi connectivity index (χ3n) is 1.88. The maximum Gasteiger partial charge on any atom is 0.328 e. The van der Waals surface area contributed by atoms with Gasteiger partial charge in [-0.25, -0.2) is 9.78 Å². The van der Waals surface area contributed by atoms with Crippen LogP contribution in [0, 0.1) is 0 Å². The molecule has 92 valence electrons. The fourth-order valence-electron chi connectivity index (χ4n) is 1.11. The summed E-state index contributed by atoms with van der Waals surface area (Å²) in [4.78, 5) is 14.4. The number of aliphatic carboxylic acids is 1. The van der Waals surface area contributed by atoms with Crippen LogP contribution in [0.4, 0.5) is 5.82 Å². The maximum atomic E-state index is 10.3. The Hall–Kier alpha value is -1.59. The molecular formula is C11H13ClN2O3. The molecular weight excluding hydrogens is 244 g/mol. The first-order chi connectivity index (χ1) is 8.13. The number of pyridine rings is 1. The molecule has 1 rings (SSSR count). The fourth-order valence-corrected chi connectivity index (χ4v) is 1.35. The predicted octanol–water partition coefficient (Wildman–Crippen LogP) is 1.89. The number of nitrogens with one attached hydrogen (secondary N) is 1. The highest BCUT2D eigenvalue weighted by molar-refractivity contribution is 6.33. The minimum Gasteiger partial charge on any atom is -0.478 e. The van der Waals surface area contributed by atoms with Crippen molar-refractivity contribution in [3.8, 4) is 0 Å². The lowest BCUT2D eigenvalue weighted by atomic mass is 10.2. The lowest BCUT2D eigenvalue weighted by Crippen LogP contribution is -2.09. The molecule has 6 heteroatoms. The number of carboxylic acid groups (broad SMARTS) is 1. The van der Waals surface area contributed by atoms with Crippen LogP contribution in [0.5, 0.6) is 0 Å². The minimum absolute atomic E-state index is 0.439. The van der Waals surface area contributed by atoms with Crippen LogP contribution >= 0.6 is 11.6 Å². The molecule has 0 aromatic carbocycles. The molecule has 0 saturated carbocycles. The standard InChI is InChI=1S/C11H13ClN2O3/c1-17-5-4-13-11-9(12)6-8(7-14-11)2-3-10(15)16/h2-3,6-7H,4-5H2,1H3,(H,13,14)(H,15,16). The molecule has 0 aliphatic rings. The number of anilines is 1. The highest BCUT2D eigenvalue weighted by Gasteiger charge is 2.01. The van der Waals surface area contributed by atoms with E-state index in [0.717, 1.165) is 6.08 Å². The van der Waals surface area contributed by atoms with E-state index in [9.17, 15) is 4.79 Å². The van der Waals surface area contributed by atoms with Crippen LogP contribution in [0.3, 0.4) is 0 Å². The molecule has 1 heterocycles. The van der Waals surface area contributed by atoms with Gasteiger partial charge in [-0.3, -0.25) is 0 Å². The molecule has 0 radical (unpaired) electrons. The summed E-state index contributed by atoms with van der Waals surface area (Å²) in [6, 6.07) is 1.64. The van der Waals surface area contributed by atoms with Gasteiger partial charge in [0.15, 0.2) is 0 Å². The molecule has 0 aliphatic carbocycles. The first kappa shape index (κ1) is 13.5. The molecule has 0 saturated heterocycles. The number of methoxy groups -OCH3 is 1. The van der Waals surface area contributed by atoms with Gasteiger partial charge in [0.1, 0.15) is 5.82 Å². The van der Waals surface area contributed by atoms with Gasteiger partial charge < -0.3 is 15.2 Å². The number of nitrogens with zero attached hydrogens (tertiary/aromatic N) is 1. The van der Waals surface area contributed by atoms with Crippen molar-refractivity contribution in [1.82, 2.24) is 4.98 Å². The first-order valence-corrected chi connectivity index (χ1v) is 5.30. The molecule has 0 fully saturated rings. The number of hydrogen-bond acceptors (Lipinski definition) is 4. The molecule has 2 N–H and O–H groups in total. The summed E-state index contributed by atoms with van der Waals surface area (Å²) >= 11 is 5.98. The highest BCUT2D eigenvalue weighted by atomic mass is 35.5. The van der Waals surface area contributed by atoms with Gasteiger partial charge in [0, 0.05) is 25.9 Å². The molecule has 0 unspecified atom stereocenters. The Morgan fingerprint density at radius 2 is 2.47 bits per heavy atom. The van der Waals surface area contributed by atoms with Crippen LogP contribution in [0.15, 0.2) is 18.3 Å². The van der Waals surface area contributed by atoms with Crippen LogP contribution in [0.25, 0.3) is 6.08 Å². The van der Waals surface area contributed by atoms with E-state index in [1.807, 2.05) is 0 Å². The number of carbonyl (C=O) groups is 1. The van der Waals surface area contributed by atoms with Crippen molar-refractivity contribution < 1.29 is 14.6 Å². The molecule has 0 bridgehead atoms. The van der Waals surface area contributed by atoms with Crippen molar-refractivity contribution in [3.05, 3.63) is 28.9 Å². The zero-order chi connectivity index (χ0) is 12.7. The smallest absolute Gasteiger partial charge is 0.328 e. The second-order valence-electron chi connectivity index (χ2n) is 3.19. The third-order valence-corrected chi connectivity index (χ3v) is 2.17. The zero-order valence-electron chi connectivity index (χ0n) is 9.31. The molecule has 0 spiro atoms. The number of halogens is 1. The summed E-state index contributed by atoms with van der Waals surface area (Å²) in [6.45, 7) is 1.16. The van der Waals surface area contributed by atoms with E-state index >= 15 is 0 Å². The molecule has 17 heavy (non-hydrogen) atoms. The van der Waals surface area contributed by atoms with Crippen LogP contribution < -0.4 is 5.32 Å². The number of aromatic nitrogens is 1. The normalized spacial score (nSPS) is 10.7. The minimum atomic E-state index is -1.01. The van der Waals surface area contributed by atoms with Gasteiger partial charge in [-0.1, -0.05) is 11.6 Å². The fraction of sp³-hybridized carbons (Fsp3) is 0.273. The van der Waals surface area contributed by atoms with Crippen molar-refractivity contribution in [3.63, 3.8) is 0 Å². The predicted molar refractivity (Wildman–Crippen MR) is 66.3 cm³/mol. The highest BCUT2D eigenvalue weighted by Crippen LogP contribution is 2.20. The Morgan fingerprint density at radius 1 is 1.71 bits per heavy atom. The molecule has 1 aromatic heterocycles. The van der Waals surface area contributed by atoms with Gasteiger partial charge >= 0.3 is 5.97 Å². The van der Waals surface area contributed by atoms with E-state index in [2.05, 4.69) is 10.3 Å². The summed E-state index contributed by atoms with van der Waals surface area (Å²) in [5.74, 6) is -0.459. The Balaban J connectivity index is 2.69. The molecule has 0 aliphatic heterocycles. The molecule has 0 atom stereocenters. The van der Waals surface area contributed by atoms with Crippen molar-refractivity contribution in [2.75, 3.05) is 25.6 Å². The largest absolute Gasteiger partial charge is 0.478 e. The summed E-state index contributed by atoms with van der Waals surface area (Å²) in [5.41, 5.74) is 0.634. The number of hydrogen-bond donors (Lipinski definition) is 2.